The third kappa shape index (κ3) is 2.84. The van der Waals surface area contributed by atoms with E-state index in [-0.39, 0.29) is 11.6 Å². The van der Waals surface area contributed by atoms with E-state index >= 15 is 0 Å². The predicted molar refractivity (Wildman–Crippen MR) is 110 cm³/mol. The van der Waals surface area contributed by atoms with Crippen molar-refractivity contribution in [2.75, 3.05) is 26.2 Å². The van der Waals surface area contributed by atoms with Crippen molar-refractivity contribution in [3.05, 3.63) is 70.8 Å². The Kier molecular flexibility index (Phi) is 4.13. The molecule has 2 aromatic rings. The van der Waals surface area contributed by atoms with Gasteiger partial charge in [-0.3, -0.25) is 4.90 Å². The Bertz CT molecular complexity index is 997. The highest BCUT2D eigenvalue weighted by molar-refractivity contribution is 5.85. The van der Waals surface area contributed by atoms with Gasteiger partial charge in [0.15, 0.2) is 5.60 Å². The van der Waals surface area contributed by atoms with E-state index in [1.54, 1.807) is 0 Å². The number of rotatable bonds is 1. The Balaban J connectivity index is 1.38. The van der Waals surface area contributed by atoms with Crippen LogP contribution in [0.1, 0.15) is 42.0 Å². The standard InChI is InChI=1S/C24H25F2N3O/c25-19-11-17(12-20(26)13-19)23-21-4-2-1-3-16(21)5-10-29(23)22-14-24(30-27-22)15-28-8-6-18(24)7-9-28/h1-4,11-13,18,23H,5-10,14-15H2/t23-,24+/m0/s1. The molecule has 0 amide bonds. The molecule has 5 aliphatic rings. The van der Waals surface area contributed by atoms with Crippen LogP contribution in [0.15, 0.2) is 47.6 Å². The van der Waals surface area contributed by atoms with Crippen molar-refractivity contribution in [3.63, 3.8) is 0 Å². The van der Waals surface area contributed by atoms with E-state index in [0.717, 1.165) is 69.3 Å². The third-order valence-corrected chi connectivity index (χ3v) is 7.43. The van der Waals surface area contributed by atoms with Gasteiger partial charge in [-0.25, -0.2) is 8.78 Å². The average molecular weight is 409 g/mol. The zero-order valence-corrected chi connectivity index (χ0v) is 16.9. The summed E-state index contributed by atoms with van der Waals surface area (Å²) in [5.74, 6) is 0.344. The molecule has 156 valence electrons. The highest BCUT2D eigenvalue weighted by Gasteiger charge is 2.53. The Hall–Kier alpha value is -2.47. The summed E-state index contributed by atoms with van der Waals surface area (Å²) >= 11 is 0. The fraction of sp³-hybridized carbons (Fsp3) is 0.458. The smallest absolute Gasteiger partial charge is 0.160 e. The summed E-state index contributed by atoms with van der Waals surface area (Å²) in [5.41, 5.74) is 2.70. The number of fused-ring (bicyclic) bond motifs is 3. The summed E-state index contributed by atoms with van der Waals surface area (Å²) in [6.07, 6.45) is 3.96. The molecule has 0 saturated carbocycles. The number of hydrogen-bond acceptors (Lipinski definition) is 4. The minimum Gasteiger partial charge on any atom is -0.386 e. The largest absolute Gasteiger partial charge is 0.386 e. The van der Waals surface area contributed by atoms with Crippen LogP contribution in [-0.2, 0) is 11.3 Å². The molecule has 0 N–H and O–H groups in total. The Morgan fingerprint density at radius 2 is 1.77 bits per heavy atom. The van der Waals surface area contributed by atoms with Gasteiger partial charge in [0.2, 0.25) is 0 Å². The van der Waals surface area contributed by atoms with Crippen LogP contribution in [0.2, 0.25) is 0 Å². The SMILES string of the molecule is Fc1cc(F)cc([C@H]2c3ccccc3CCN2C2=NO[C@]3(C2)CN2CCC3CC2)c1. The summed E-state index contributed by atoms with van der Waals surface area (Å²) in [7, 11) is 0. The molecule has 2 aromatic carbocycles. The van der Waals surface area contributed by atoms with Crippen LogP contribution in [-0.4, -0.2) is 47.4 Å². The maximum atomic E-state index is 14.1. The van der Waals surface area contributed by atoms with E-state index in [2.05, 4.69) is 27.1 Å². The third-order valence-electron chi connectivity index (χ3n) is 7.43. The lowest BCUT2D eigenvalue weighted by Gasteiger charge is -2.49. The molecule has 4 nitrogen and oxygen atoms in total. The zero-order valence-electron chi connectivity index (χ0n) is 16.9. The van der Waals surface area contributed by atoms with Crippen molar-refractivity contribution in [3.8, 4) is 0 Å². The Morgan fingerprint density at radius 3 is 2.50 bits per heavy atom. The highest BCUT2D eigenvalue weighted by atomic mass is 19.1. The lowest BCUT2D eigenvalue weighted by atomic mass is 9.73. The Labute approximate surface area is 175 Å². The van der Waals surface area contributed by atoms with Gasteiger partial charge in [0.05, 0.1) is 12.5 Å². The van der Waals surface area contributed by atoms with Crippen molar-refractivity contribution in [2.45, 2.75) is 37.3 Å². The first-order valence-electron chi connectivity index (χ1n) is 10.9. The van der Waals surface area contributed by atoms with Crippen molar-refractivity contribution >= 4 is 5.84 Å². The second-order valence-corrected chi connectivity index (χ2v) is 9.14. The van der Waals surface area contributed by atoms with Gasteiger partial charge in [0.25, 0.3) is 0 Å². The quantitative estimate of drug-likeness (QED) is 0.710. The van der Waals surface area contributed by atoms with Crippen LogP contribution in [0.25, 0.3) is 0 Å². The number of oxime groups is 1. The van der Waals surface area contributed by atoms with E-state index in [0.29, 0.717) is 11.5 Å². The molecule has 6 heteroatoms. The molecule has 3 saturated heterocycles. The molecule has 30 heavy (non-hydrogen) atoms. The van der Waals surface area contributed by atoms with Gasteiger partial charge in [-0.15, -0.1) is 0 Å². The van der Waals surface area contributed by atoms with Gasteiger partial charge in [0, 0.05) is 25.1 Å². The molecule has 2 bridgehead atoms. The molecule has 5 aliphatic heterocycles. The predicted octanol–water partition coefficient (Wildman–Crippen LogP) is 4.11. The van der Waals surface area contributed by atoms with Gasteiger partial charge in [-0.2, -0.15) is 0 Å². The van der Waals surface area contributed by atoms with Gasteiger partial charge < -0.3 is 9.74 Å². The number of halogens is 2. The molecule has 5 heterocycles. The normalized spacial score (nSPS) is 32.1. The minimum atomic E-state index is -0.550. The van der Waals surface area contributed by atoms with Crippen LogP contribution in [0.5, 0.6) is 0 Å². The molecule has 0 aliphatic carbocycles. The molecule has 3 fully saturated rings. The monoisotopic (exact) mass is 409 g/mol. The van der Waals surface area contributed by atoms with E-state index in [4.69, 9.17) is 4.84 Å². The second-order valence-electron chi connectivity index (χ2n) is 9.14. The summed E-state index contributed by atoms with van der Waals surface area (Å²) in [5, 5.41) is 4.58. The molecule has 0 aromatic heterocycles. The van der Waals surface area contributed by atoms with Gasteiger partial charge in [0.1, 0.15) is 17.5 Å². The van der Waals surface area contributed by atoms with E-state index < -0.39 is 11.6 Å². The summed E-state index contributed by atoms with van der Waals surface area (Å²) in [6, 6.07) is 11.8. The van der Waals surface area contributed by atoms with E-state index in [9.17, 15) is 8.78 Å². The van der Waals surface area contributed by atoms with Gasteiger partial charge >= 0.3 is 0 Å². The Morgan fingerprint density at radius 1 is 1.00 bits per heavy atom. The highest BCUT2D eigenvalue weighted by Crippen LogP contribution is 2.46. The summed E-state index contributed by atoms with van der Waals surface area (Å²) < 4.78 is 28.3. The number of benzene rings is 2. The molecule has 2 atom stereocenters. The number of piperidine rings is 3. The molecule has 7 rings (SSSR count). The minimum absolute atomic E-state index is 0.236. The fourth-order valence-corrected chi connectivity index (χ4v) is 6.00. The van der Waals surface area contributed by atoms with Crippen molar-refractivity contribution in [1.82, 2.24) is 9.80 Å². The first kappa shape index (κ1) is 18.3. The lowest BCUT2D eigenvalue weighted by Crippen LogP contribution is -2.59. The van der Waals surface area contributed by atoms with Crippen LogP contribution in [0.4, 0.5) is 8.78 Å². The summed E-state index contributed by atoms with van der Waals surface area (Å²) in [6.45, 7) is 3.97. The number of amidine groups is 1. The maximum absolute atomic E-state index is 14.1. The number of nitrogens with zero attached hydrogens (tertiary/aromatic N) is 3. The topological polar surface area (TPSA) is 28.1 Å². The fourth-order valence-electron chi connectivity index (χ4n) is 6.00. The average Bonchev–Trinajstić information content (AvgIpc) is 3.16. The second kappa shape index (κ2) is 6.77. The molecular formula is C24H25F2N3O. The summed E-state index contributed by atoms with van der Waals surface area (Å²) in [4.78, 5) is 10.8. The van der Waals surface area contributed by atoms with Crippen molar-refractivity contribution in [1.29, 1.82) is 0 Å². The first-order valence-corrected chi connectivity index (χ1v) is 10.9. The van der Waals surface area contributed by atoms with Crippen LogP contribution in [0, 0.1) is 17.6 Å². The van der Waals surface area contributed by atoms with Crippen LogP contribution in [0.3, 0.4) is 0 Å². The van der Waals surface area contributed by atoms with Gasteiger partial charge in [-0.1, -0.05) is 29.4 Å². The van der Waals surface area contributed by atoms with Crippen LogP contribution >= 0.6 is 0 Å². The van der Waals surface area contributed by atoms with Gasteiger partial charge in [-0.05, 0) is 61.2 Å². The van der Waals surface area contributed by atoms with Crippen molar-refractivity contribution in [2.24, 2.45) is 11.1 Å². The van der Waals surface area contributed by atoms with Crippen LogP contribution < -0.4 is 0 Å². The molecule has 0 unspecified atom stereocenters. The van der Waals surface area contributed by atoms with E-state index in [1.165, 1.54) is 17.7 Å². The number of hydrogen-bond donors (Lipinski definition) is 0. The maximum Gasteiger partial charge on any atom is 0.160 e. The lowest BCUT2D eigenvalue weighted by molar-refractivity contribution is -0.136. The molecule has 0 radical (unpaired) electrons. The van der Waals surface area contributed by atoms with E-state index in [1.807, 2.05) is 12.1 Å². The first-order chi connectivity index (χ1) is 14.6. The molecular weight excluding hydrogens is 384 g/mol. The zero-order chi connectivity index (χ0) is 20.3. The molecule has 1 spiro atoms. The van der Waals surface area contributed by atoms with Crippen molar-refractivity contribution < 1.29 is 13.6 Å².